The van der Waals surface area contributed by atoms with E-state index in [4.69, 9.17) is 21.7 Å². The van der Waals surface area contributed by atoms with Gasteiger partial charge >= 0.3 is 0 Å². The molecule has 0 radical (unpaired) electrons. The Morgan fingerprint density at radius 2 is 1.96 bits per heavy atom. The van der Waals surface area contributed by atoms with Crippen LogP contribution in [0, 0.1) is 5.41 Å². The zero-order valence-corrected chi connectivity index (χ0v) is 15.1. The molecule has 0 amide bonds. The Bertz CT molecular complexity index is 1040. The van der Waals surface area contributed by atoms with Crippen LogP contribution >= 0.6 is 11.6 Å². The number of aromatic nitrogens is 2. The van der Waals surface area contributed by atoms with E-state index in [1.54, 1.807) is 10.9 Å². The number of fused-ring (bicyclic) bond motifs is 3. The Labute approximate surface area is 156 Å². The first-order chi connectivity index (χ1) is 12.6. The third-order valence-electron chi connectivity index (χ3n) is 5.08. The van der Waals surface area contributed by atoms with Crippen LogP contribution in [-0.2, 0) is 11.2 Å². The molecule has 26 heavy (non-hydrogen) atoms. The molecule has 1 aliphatic heterocycles. The van der Waals surface area contributed by atoms with Crippen molar-refractivity contribution < 1.29 is 4.74 Å². The van der Waals surface area contributed by atoms with Gasteiger partial charge < -0.3 is 4.74 Å². The van der Waals surface area contributed by atoms with Crippen LogP contribution in [0.15, 0.2) is 41.5 Å². The molecule has 1 saturated heterocycles. The Kier molecular flexibility index (Phi) is 4.74. The summed E-state index contributed by atoms with van der Waals surface area (Å²) in [6.07, 6.45) is 4.44. The molecule has 0 spiro atoms. The molecule has 0 bridgehead atoms. The van der Waals surface area contributed by atoms with E-state index < -0.39 is 0 Å². The second-order valence-corrected chi connectivity index (χ2v) is 7.14. The van der Waals surface area contributed by atoms with Gasteiger partial charge in [0.2, 0.25) is 0 Å². The fourth-order valence-electron chi connectivity index (χ4n) is 3.72. The van der Waals surface area contributed by atoms with Crippen molar-refractivity contribution in [3.63, 3.8) is 0 Å². The van der Waals surface area contributed by atoms with Crippen molar-refractivity contribution in [2.75, 3.05) is 13.2 Å². The summed E-state index contributed by atoms with van der Waals surface area (Å²) in [6, 6.07) is 10.0. The fourth-order valence-corrected chi connectivity index (χ4v) is 3.82. The van der Waals surface area contributed by atoms with Gasteiger partial charge in [-0.1, -0.05) is 35.9 Å². The van der Waals surface area contributed by atoms with Crippen LogP contribution in [0.5, 0.6) is 0 Å². The molecule has 3 aromatic rings. The predicted octanol–water partition coefficient (Wildman–Crippen LogP) is 4.05. The number of aryl methyl sites for hydroxylation is 1. The number of benzene rings is 2. The quantitative estimate of drug-likeness (QED) is 0.557. The average Bonchev–Trinajstić information content (AvgIpc) is 2.67. The van der Waals surface area contributed by atoms with Crippen LogP contribution in [-0.4, -0.2) is 27.9 Å². The summed E-state index contributed by atoms with van der Waals surface area (Å²) in [5.74, 6) is 0. The maximum Gasteiger partial charge on any atom is 0.261 e. The highest BCUT2D eigenvalue weighted by Crippen LogP contribution is 2.28. The van der Waals surface area contributed by atoms with Crippen molar-refractivity contribution in [1.82, 2.24) is 9.55 Å². The number of ether oxygens (including phenoxy) is 1. The van der Waals surface area contributed by atoms with Gasteiger partial charge in [0.15, 0.2) is 0 Å². The molecule has 2 aromatic carbocycles. The summed E-state index contributed by atoms with van der Waals surface area (Å²) in [6.45, 7) is 1.35. The SMILES string of the molecule is N=C(Cl)CCc1cc2c(=O)n(C3CCOCC3)cnc2c2ccccc12. The molecule has 0 atom stereocenters. The minimum Gasteiger partial charge on any atom is -0.381 e. The molecule has 1 aromatic heterocycles. The maximum atomic E-state index is 13.2. The molecule has 1 fully saturated rings. The normalized spacial score (nSPS) is 15.6. The molecule has 6 heteroatoms. The topological polar surface area (TPSA) is 68.0 Å². The Morgan fingerprint density at radius 1 is 1.23 bits per heavy atom. The lowest BCUT2D eigenvalue weighted by Crippen LogP contribution is -2.29. The van der Waals surface area contributed by atoms with E-state index in [-0.39, 0.29) is 16.8 Å². The van der Waals surface area contributed by atoms with Gasteiger partial charge in [-0.15, -0.1) is 0 Å². The van der Waals surface area contributed by atoms with Gasteiger partial charge in [-0.3, -0.25) is 14.8 Å². The number of rotatable bonds is 4. The summed E-state index contributed by atoms with van der Waals surface area (Å²) in [5, 5.41) is 10.3. The summed E-state index contributed by atoms with van der Waals surface area (Å²) in [5.41, 5.74) is 1.76. The van der Waals surface area contributed by atoms with Gasteiger partial charge in [-0.25, -0.2) is 4.98 Å². The summed E-state index contributed by atoms with van der Waals surface area (Å²) in [7, 11) is 0. The van der Waals surface area contributed by atoms with Crippen molar-refractivity contribution in [3.8, 4) is 0 Å². The number of hydrogen-bond acceptors (Lipinski definition) is 4. The standard InChI is InChI=1S/C20H20ClN3O2/c21-18(22)6-5-13-11-17-19(16-4-2-1-3-15(13)16)23-12-24(20(17)25)14-7-9-26-10-8-14/h1-4,11-12,14,22H,5-10H2. The van der Waals surface area contributed by atoms with E-state index in [2.05, 4.69) is 4.98 Å². The Balaban J connectivity index is 1.91. The van der Waals surface area contributed by atoms with Gasteiger partial charge in [0, 0.05) is 31.1 Å². The van der Waals surface area contributed by atoms with E-state index >= 15 is 0 Å². The second-order valence-electron chi connectivity index (χ2n) is 6.68. The highest BCUT2D eigenvalue weighted by molar-refractivity contribution is 6.64. The molecule has 0 saturated carbocycles. The van der Waals surface area contributed by atoms with Crippen LogP contribution in [0.25, 0.3) is 21.7 Å². The van der Waals surface area contributed by atoms with Crippen LogP contribution in [0.4, 0.5) is 0 Å². The molecule has 4 rings (SSSR count). The van der Waals surface area contributed by atoms with Gasteiger partial charge in [0.05, 0.1) is 22.4 Å². The van der Waals surface area contributed by atoms with E-state index in [0.717, 1.165) is 34.7 Å². The predicted molar refractivity (Wildman–Crippen MR) is 104 cm³/mol. The average molecular weight is 370 g/mol. The van der Waals surface area contributed by atoms with Crippen LogP contribution in [0.2, 0.25) is 0 Å². The van der Waals surface area contributed by atoms with Crippen molar-refractivity contribution in [2.24, 2.45) is 0 Å². The summed E-state index contributed by atoms with van der Waals surface area (Å²) < 4.78 is 7.17. The van der Waals surface area contributed by atoms with Crippen molar-refractivity contribution in [3.05, 3.63) is 52.6 Å². The monoisotopic (exact) mass is 369 g/mol. The zero-order chi connectivity index (χ0) is 18.1. The Morgan fingerprint density at radius 3 is 2.69 bits per heavy atom. The largest absolute Gasteiger partial charge is 0.381 e. The molecule has 0 aliphatic carbocycles. The first kappa shape index (κ1) is 17.2. The van der Waals surface area contributed by atoms with E-state index in [9.17, 15) is 4.79 Å². The molecule has 0 unspecified atom stereocenters. The van der Waals surface area contributed by atoms with Crippen LogP contribution in [0.1, 0.15) is 30.9 Å². The van der Waals surface area contributed by atoms with Crippen LogP contribution < -0.4 is 5.56 Å². The fraction of sp³-hybridized carbons (Fsp3) is 0.350. The molecular formula is C20H20ClN3O2. The van der Waals surface area contributed by atoms with E-state index in [1.807, 2.05) is 30.3 Å². The first-order valence-electron chi connectivity index (χ1n) is 8.87. The zero-order valence-electron chi connectivity index (χ0n) is 14.4. The third kappa shape index (κ3) is 3.13. The number of halogens is 1. The van der Waals surface area contributed by atoms with Gasteiger partial charge in [0.25, 0.3) is 5.56 Å². The molecule has 134 valence electrons. The number of nitrogens with zero attached hydrogens (tertiary/aromatic N) is 2. The maximum absolute atomic E-state index is 13.2. The van der Waals surface area contributed by atoms with Gasteiger partial charge in [-0.05, 0) is 36.3 Å². The van der Waals surface area contributed by atoms with Gasteiger partial charge in [-0.2, -0.15) is 0 Å². The van der Waals surface area contributed by atoms with Crippen molar-refractivity contribution in [1.29, 1.82) is 5.41 Å². The van der Waals surface area contributed by atoms with Crippen molar-refractivity contribution in [2.45, 2.75) is 31.7 Å². The summed E-state index contributed by atoms with van der Waals surface area (Å²) >= 11 is 5.75. The highest BCUT2D eigenvalue weighted by Gasteiger charge is 2.19. The van der Waals surface area contributed by atoms with Crippen LogP contribution in [0.3, 0.4) is 0 Å². The lowest BCUT2D eigenvalue weighted by Gasteiger charge is -2.24. The lowest BCUT2D eigenvalue weighted by molar-refractivity contribution is 0.0685. The number of nitrogens with one attached hydrogen (secondary N) is 1. The smallest absolute Gasteiger partial charge is 0.261 e. The van der Waals surface area contributed by atoms with Crippen molar-refractivity contribution >= 4 is 38.4 Å². The highest BCUT2D eigenvalue weighted by atomic mass is 35.5. The molecular weight excluding hydrogens is 350 g/mol. The minimum atomic E-state index is -0.00477. The molecule has 2 heterocycles. The van der Waals surface area contributed by atoms with E-state index in [1.165, 1.54) is 0 Å². The molecule has 1 aliphatic rings. The van der Waals surface area contributed by atoms with E-state index in [0.29, 0.717) is 31.4 Å². The lowest BCUT2D eigenvalue weighted by atomic mass is 9.98. The first-order valence-corrected chi connectivity index (χ1v) is 9.25. The van der Waals surface area contributed by atoms with Gasteiger partial charge in [0.1, 0.15) is 0 Å². The second kappa shape index (κ2) is 7.17. The molecule has 5 nitrogen and oxygen atoms in total. The minimum absolute atomic E-state index is 0.00477. The molecule has 1 N–H and O–H groups in total. The summed E-state index contributed by atoms with van der Waals surface area (Å²) in [4.78, 5) is 17.8. The third-order valence-corrected chi connectivity index (χ3v) is 5.27. The Hall–Kier alpha value is -2.24. The number of hydrogen-bond donors (Lipinski definition) is 1.